The van der Waals surface area contributed by atoms with E-state index in [0.29, 0.717) is 12.6 Å². The van der Waals surface area contributed by atoms with E-state index in [1.807, 2.05) is 48.9 Å². The van der Waals surface area contributed by atoms with Crippen LogP contribution in [0.4, 0.5) is 10.5 Å². The molecule has 2 aromatic carbocycles. The lowest BCUT2D eigenvalue weighted by molar-refractivity contribution is 0.0890. The number of carbonyl (C=O) groups excluding carboxylic acids is 1. The number of amides is 2. The van der Waals surface area contributed by atoms with Crippen LogP contribution in [0.2, 0.25) is 0 Å². The molecule has 1 unspecified atom stereocenters. The molecule has 2 heterocycles. The number of nitrogens with zero attached hydrogens (tertiary/aromatic N) is 4. The number of para-hydroxylation sites is 1. The maximum Gasteiger partial charge on any atom is 0.319 e. The molecule has 174 valence electrons. The van der Waals surface area contributed by atoms with E-state index in [9.17, 15) is 4.79 Å². The minimum absolute atomic E-state index is 0.188. The highest BCUT2D eigenvalue weighted by Crippen LogP contribution is 2.25. The number of hydrogen-bond donors (Lipinski definition) is 2. The van der Waals surface area contributed by atoms with Crippen molar-refractivity contribution in [3.05, 3.63) is 77.6 Å². The van der Waals surface area contributed by atoms with Crippen molar-refractivity contribution in [2.75, 3.05) is 45.1 Å². The first kappa shape index (κ1) is 23.0. The molecule has 0 aliphatic carbocycles. The molecule has 1 fully saturated rings. The fourth-order valence-electron chi connectivity index (χ4n) is 4.50. The number of aryl methyl sites for hydroxylation is 1. The van der Waals surface area contributed by atoms with Crippen LogP contribution >= 0.6 is 0 Å². The van der Waals surface area contributed by atoms with Gasteiger partial charge in [0, 0.05) is 38.8 Å². The SMILES string of the molecule is Cc1nn(-c2ccccc2)c(C)c1NC(=O)NCCCN1CCN(C)CC1c1ccccc1. The van der Waals surface area contributed by atoms with Gasteiger partial charge in [-0.25, -0.2) is 9.48 Å². The molecule has 1 saturated heterocycles. The van der Waals surface area contributed by atoms with E-state index < -0.39 is 0 Å². The van der Waals surface area contributed by atoms with Gasteiger partial charge in [-0.15, -0.1) is 0 Å². The second-order valence-corrected chi connectivity index (χ2v) is 8.75. The zero-order valence-electron chi connectivity index (χ0n) is 19.8. The van der Waals surface area contributed by atoms with Gasteiger partial charge in [0.05, 0.1) is 22.8 Å². The van der Waals surface area contributed by atoms with Crippen molar-refractivity contribution in [2.45, 2.75) is 26.3 Å². The summed E-state index contributed by atoms with van der Waals surface area (Å²) in [5, 5.41) is 10.6. The second kappa shape index (κ2) is 10.6. The summed E-state index contributed by atoms with van der Waals surface area (Å²) in [6.45, 7) is 8.61. The smallest absolute Gasteiger partial charge is 0.319 e. The average Bonchev–Trinajstić information content (AvgIpc) is 3.12. The molecule has 33 heavy (non-hydrogen) atoms. The number of hydrogen-bond acceptors (Lipinski definition) is 4. The molecule has 2 amide bonds. The Balaban J connectivity index is 1.29. The van der Waals surface area contributed by atoms with Crippen LogP contribution in [0.1, 0.15) is 29.4 Å². The lowest BCUT2D eigenvalue weighted by Crippen LogP contribution is -2.47. The van der Waals surface area contributed by atoms with E-state index in [-0.39, 0.29) is 6.03 Å². The largest absolute Gasteiger partial charge is 0.338 e. The van der Waals surface area contributed by atoms with Crippen LogP contribution in [0.5, 0.6) is 0 Å². The Labute approximate surface area is 196 Å². The van der Waals surface area contributed by atoms with Crippen molar-refractivity contribution < 1.29 is 4.79 Å². The summed E-state index contributed by atoms with van der Waals surface area (Å²) in [4.78, 5) is 17.5. The van der Waals surface area contributed by atoms with Crippen LogP contribution in [0, 0.1) is 13.8 Å². The summed E-state index contributed by atoms with van der Waals surface area (Å²) in [5.41, 5.74) is 4.81. The van der Waals surface area contributed by atoms with Gasteiger partial charge in [-0.05, 0) is 45.0 Å². The molecule has 1 atom stereocenters. The Morgan fingerprint density at radius 3 is 2.45 bits per heavy atom. The van der Waals surface area contributed by atoms with Crippen molar-refractivity contribution in [1.29, 1.82) is 0 Å². The molecule has 0 bridgehead atoms. The zero-order chi connectivity index (χ0) is 23.2. The van der Waals surface area contributed by atoms with Crippen molar-refractivity contribution >= 4 is 11.7 Å². The number of rotatable bonds is 7. The summed E-state index contributed by atoms with van der Waals surface area (Å²) in [6, 6.07) is 20.9. The van der Waals surface area contributed by atoms with E-state index in [0.717, 1.165) is 55.4 Å². The first-order valence-electron chi connectivity index (χ1n) is 11.7. The number of benzene rings is 2. The highest BCUT2D eigenvalue weighted by molar-refractivity contribution is 5.90. The van der Waals surface area contributed by atoms with Crippen molar-refractivity contribution in [3.8, 4) is 5.69 Å². The predicted molar refractivity (Wildman–Crippen MR) is 133 cm³/mol. The summed E-state index contributed by atoms with van der Waals surface area (Å²) >= 11 is 0. The number of aromatic nitrogens is 2. The van der Waals surface area contributed by atoms with E-state index in [1.165, 1.54) is 5.56 Å². The van der Waals surface area contributed by atoms with Crippen LogP contribution in [-0.4, -0.2) is 65.4 Å². The topological polar surface area (TPSA) is 65.4 Å². The van der Waals surface area contributed by atoms with Gasteiger partial charge < -0.3 is 15.5 Å². The van der Waals surface area contributed by atoms with Crippen LogP contribution in [-0.2, 0) is 0 Å². The number of carbonyl (C=O) groups is 1. The van der Waals surface area contributed by atoms with E-state index in [4.69, 9.17) is 0 Å². The molecule has 1 aliphatic heterocycles. The summed E-state index contributed by atoms with van der Waals surface area (Å²) in [6.07, 6.45) is 0.904. The quantitative estimate of drug-likeness (QED) is 0.539. The van der Waals surface area contributed by atoms with Crippen molar-refractivity contribution in [1.82, 2.24) is 24.9 Å². The van der Waals surface area contributed by atoms with Gasteiger partial charge in [0.1, 0.15) is 0 Å². The molecule has 0 saturated carbocycles. The first-order valence-corrected chi connectivity index (χ1v) is 11.7. The second-order valence-electron chi connectivity index (χ2n) is 8.75. The summed E-state index contributed by atoms with van der Waals surface area (Å²) in [7, 11) is 2.18. The number of urea groups is 1. The third kappa shape index (κ3) is 5.61. The third-order valence-corrected chi connectivity index (χ3v) is 6.32. The Hall–Kier alpha value is -3.16. The third-order valence-electron chi connectivity index (χ3n) is 6.32. The molecular formula is C26H34N6O. The minimum atomic E-state index is -0.188. The fourth-order valence-corrected chi connectivity index (χ4v) is 4.50. The number of nitrogens with one attached hydrogen (secondary N) is 2. The monoisotopic (exact) mass is 446 g/mol. The molecule has 3 aromatic rings. The molecule has 4 rings (SSSR count). The van der Waals surface area contributed by atoms with Crippen molar-refractivity contribution in [3.63, 3.8) is 0 Å². The number of anilines is 1. The Bertz CT molecular complexity index is 1050. The van der Waals surface area contributed by atoms with E-state index in [2.05, 4.69) is 62.9 Å². The Morgan fingerprint density at radius 2 is 1.73 bits per heavy atom. The maximum atomic E-state index is 12.6. The van der Waals surface area contributed by atoms with Crippen LogP contribution in [0.15, 0.2) is 60.7 Å². The highest BCUT2D eigenvalue weighted by atomic mass is 16.2. The normalized spacial score (nSPS) is 17.1. The van der Waals surface area contributed by atoms with Gasteiger partial charge in [-0.2, -0.15) is 5.10 Å². The molecular weight excluding hydrogens is 412 g/mol. The molecule has 2 N–H and O–H groups in total. The molecule has 0 spiro atoms. The molecule has 0 radical (unpaired) electrons. The zero-order valence-corrected chi connectivity index (χ0v) is 19.8. The maximum absolute atomic E-state index is 12.6. The number of piperazine rings is 1. The van der Waals surface area contributed by atoms with Gasteiger partial charge in [-0.3, -0.25) is 4.90 Å². The summed E-state index contributed by atoms with van der Waals surface area (Å²) < 4.78 is 1.86. The number of likely N-dealkylation sites (N-methyl/N-ethyl adjacent to an activating group) is 1. The average molecular weight is 447 g/mol. The Kier molecular flexibility index (Phi) is 7.42. The lowest BCUT2D eigenvalue weighted by atomic mass is 10.0. The summed E-state index contributed by atoms with van der Waals surface area (Å²) in [5.74, 6) is 0. The minimum Gasteiger partial charge on any atom is -0.338 e. The molecule has 1 aliphatic rings. The van der Waals surface area contributed by atoms with E-state index in [1.54, 1.807) is 0 Å². The Morgan fingerprint density at radius 1 is 1.03 bits per heavy atom. The van der Waals surface area contributed by atoms with Gasteiger partial charge in [0.25, 0.3) is 0 Å². The molecule has 7 nitrogen and oxygen atoms in total. The molecule has 1 aromatic heterocycles. The van der Waals surface area contributed by atoms with Gasteiger partial charge in [0.15, 0.2) is 0 Å². The highest BCUT2D eigenvalue weighted by Gasteiger charge is 2.26. The fraction of sp³-hybridized carbons (Fsp3) is 0.385. The predicted octanol–water partition coefficient (Wildman–Crippen LogP) is 3.99. The van der Waals surface area contributed by atoms with Crippen molar-refractivity contribution in [2.24, 2.45) is 0 Å². The van der Waals surface area contributed by atoms with Crippen LogP contribution < -0.4 is 10.6 Å². The van der Waals surface area contributed by atoms with Crippen LogP contribution in [0.3, 0.4) is 0 Å². The molecule has 7 heteroatoms. The van der Waals surface area contributed by atoms with Crippen LogP contribution in [0.25, 0.3) is 5.69 Å². The van der Waals surface area contributed by atoms with Gasteiger partial charge in [0.2, 0.25) is 0 Å². The van der Waals surface area contributed by atoms with E-state index >= 15 is 0 Å². The van der Waals surface area contributed by atoms with Gasteiger partial charge in [-0.1, -0.05) is 48.5 Å². The lowest BCUT2D eigenvalue weighted by Gasteiger charge is -2.40. The first-order chi connectivity index (χ1) is 16.0. The standard InChI is InChI=1S/C26H34N6O/c1-20-25(21(2)32(29-20)23-13-8-5-9-14-23)28-26(33)27-15-10-16-31-18-17-30(3)19-24(31)22-11-6-4-7-12-22/h4-9,11-14,24H,10,15-19H2,1-3H3,(H2,27,28,33). The van der Waals surface area contributed by atoms with Gasteiger partial charge >= 0.3 is 6.03 Å².